The SMILES string of the molecule is C1=Cc2ncc3c(c2=CC1)=Cc1ccccc1S3. The van der Waals surface area contributed by atoms with Crippen LogP contribution < -0.4 is 10.4 Å². The molecule has 0 radical (unpaired) electrons. The second kappa shape index (κ2) is 3.85. The van der Waals surface area contributed by atoms with Gasteiger partial charge in [0.05, 0.1) is 5.69 Å². The predicted octanol–water partition coefficient (Wildman–Crippen LogP) is 2.57. The molecule has 0 unspecified atom stereocenters. The van der Waals surface area contributed by atoms with E-state index in [0.29, 0.717) is 0 Å². The third-order valence-corrected chi connectivity index (χ3v) is 4.46. The second-order valence-electron chi connectivity index (χ2n) is 4.46. The van der Waals surface area contributed by atoms with Gasteiger partial charge in [-0.2, -0.15) is 0 Å². The minimum Gasteiger partial charge on any atom is -0.255 e. The van der Waals surface area contributed by atoms with Crippen LogP contribution in [-0.4, -0.2) is 4.98 Å². The molecule has 2 aliphatic rings. The smallest absolute Gasteiger partial charge is 0.0702 e. The highest BCUT2D eigenvalue weighted by Gasteiger charge is 2.12. The van der Waals surface area contributed by atoms with Crippen LogP contribution in [0.4, 0.5) is 0 Å². The molecule has 1 aliphatic heterocycles. The topological polar surface area (TPSA) is 12.9 Å². The lowest BCUT2D eigenvalue weighted by Gasteiger charge is -2.14. The summed E-state index contributed by atoms with van der Waals surface area (Å²) in [5, 5.41) is 2.62. The number of hydrogen-bond donors (Lipinski definition) is 0. The number of fused-ring (bicyclic) bond motifs is 4. The monoisotopic (exact) mass is 249 g/mol. The largest absolute Gasteiger partial charge is 0.255 e. The second-order valence-corrected chi connectivity index (χ2v) is 5.55. The van der Waals surface area contributed by atoms with E-state index in [1.165, 1.54) is 25.8 Å². The third kappa shape index (κ3) is 1.46. The van der Waals surface area contributed by atoms with E-state index < -0.39 is 0 Å². The molecule has 0 spiro atoms. The summed E-state index contributed by atoms with van der Waals surface area (Å²) in [7, 11) is 0. The van der Waals surface area contributed by atoms with Crippen LogP contribution >= 0.6 is 11.8 Å². The number of allylic oxidation sites excluding steroid dienone is 1. The zero-order valence-corrected chi connectivity index (χ0v) is 10.6. The average Bonchev–Trinajstić information content (AvgIpc) is 2.45. The molecular formula is C16H11NS. The highest BCUT2D eigenvalue weighted by Crippen LogP contribution is 2.31. The normalized spacial score (nSPS) is 14.9. The highest BCUT2D eigenvalue weighted by molar-refractivity contribution is 7.99. The summed E-state index contributed by atoms with van der Waals surface area (Å²) >= 11 is 1.82. The summed E-state index contributed by atoms with van der Waals surface area (Å²) in [6.07, 6.45) is 11.8. The van der Waals surface area contributed by atoms with Gasteiger partial charge in [0.15, 0.2) is 0 Å². The van der Waals surface area contributed by atoms with Gasteiger partial charge in [0.1, 0.15) is 0 Å². The Bertz CT molecular complexity index is 787. The van der Waals surface area contributed by atoms with Crippen molar-refractivity contribution in [3.05, 3.63) is 58.2 Å². The standard InChI is InChI=1S/C16H11NS/c1-4-8-15-11(5-1)9-13-12-6-2-3-7-14(12)17-10-16(13)18-15/h1,3-10H,2H2. The van der Waals surface area contributed by atoms with Crippen LogP contribution in [-0.2, 0) is 0 Å². The summed E-state index contributed by atoms with van der Waals surface area (Å²) < 4.78 is 0. The summed E-state index contributed by atoms with van der Waals surface area (Å²) in [6, 6.07) is 8.53. The van der Waals surface area contributed by atoms with Crippen LogP contribution in [0.5, 0.6) is 0 Å². The van der Waals surface area contributed by atoms with Crippen LogP contribution in [0, 0.1) is 0 Å². The van der Waals surface area contributed by atoms with E-state index in [-0.39, 0.29) is 0 Å². The zero-order chi connectivity index (χ0) is 11.9. The van der Waals surface area contributed by atoms with Gasteiger partial charge in [-0.1, -0.05) is 42.1 Å². The Kier molecular flexibility index (Phi) is 2.17. The molecule has 0 amide bonds. The first-order valence-corrected chi connectivity index (χ1v) is 6.88. The summed E-state index contributed by atoms with van der Waals surface area (Å²) in [4.78, 5) is 7.13. The van der Waals surface area contributed by atoms with Crippen LogP contribution in [0.2, 0.25) is 0 Å². The molecule has 2 aromatic rings. The molecule has 0 N–H and O–H groups in total. The molecule has 0 saturated carbocycles. The van der Waals surface area contributed by atoms with Gasteiger partial charge in [-0.05, 0) is 35.4 Å². The number of aromatic nitrogens is 1. The predicted molar refractivity (Wildman–Crippen MR) is 75.7 cm³/mol. The van der Waals surface area contributed by atoms with Crippen LogP contribution in [0.1, 0.15) is 17.7 Å². The Morgan fingerprint density at radius 3 is 3.00 bits per heavy atom. The van der Waals surface area contributed by atoms with Gasteiger partial charge in [-0.3, -0.25) is 4.98 Å². The van der Waals surface area contributed by atoms with Crippen molar-refractivity contribution in [2.45, 2.75) is 16.2 Å². The van der Waals surface area contributed by atoms with Crippen molar-refractivity contribution < 1.29 is 0 Å². The summed E-state index contributed by atoms with van der Waals surface area (Å²) in [6.45, 7) is 0. The molecule has 0 bridgehead atoms. The molecule has 2 heterocycles. The quantitative estimate of drug-likeness (QED) is 0.607. The van der Waals surface area contributed by atoms with Crippen molar-refractivity contribution in [3.63, 3.8) is 0 Å². The average molecular weight is 249 g/mol. The van der Waals surface area contributed by atoms with E-state index in [2.05, 4.69) is 53.6 Å². The van der Waals surface area contributed by atoms with Gasteiger partial charge >= 0.3 is 0 Å². The Balaban J connectivity index is 2.11. The first-order chi connectivity index (χ1) is 8.92. The molecule has 0 atom stereocenters. The van der Waals surface area contributed by atoms with Gasteiger partial charge in [-0.25, -0.2) is 0 Å². The van der Waals surface area contributed by atoms with Crippen molar-refractivity contribution in [2.24, 2.45) is 0 Å². The van der Waals surface area contributed by atoms with Crippen molar-refractivity contribution >= 4 is 30.0 Å². The van der Waals surface area contributed by atoms with E-state index in [4.69, 9.17) is 0 Å². The molecule has 1 aliphatic carbocycles. The Morgan fingerprint density at radius 1 is 1.06 bits per heavy atom. The molecule has 1 nitrogen and oxygen atoms in total. The minimum atomic E-state index is 1.01. The molecule has 2 heteroatoms. The van der Waals surface area contributed by atoms with Gasteiger partial charge in [0.25, 0.3) is 0 Å². The van der Waals surface area contributed by atoms with Gasteiger partial charge in [0, 0.05) is 21.2 Å². The lowest BCUT2D eigenvalue weighted by atomic mass is 10.1. The lowest BCUT2D eigenvalue weighted by molar-refractivity contribution is 1.12. The van der Waals surface area contributed by atoms with E-state index in [0.717, 1.165) is 12.1 Å². The van der Waals surface area contributed by atoms with E-state index in [1.807, 2.05) is 18.0 Å². The molecule has 0 saturated heterocycles. The maximum atomic E-state index is 4.55. The first-order valence-electron chi connectivity index (χ1n) is 6.06. The lowest BCUT2D eigenvalue weighted by Crippen LogP contribution is -2.32. The van der Waals surface area contributed by atoms with Gasteiger partial charge in [-0.15, -0.1) is 0 Å². The minimum absolute atomic E-state index is 1.01. The van der Waals surface area contributed by atoms with Crippen molar-refractivity contribution in [3.8, 4) is 0 Å². The zero-order valence-electron chi connectivity index (χ0n) is 9.76. The Hall–Kier alpha value is -1.80. The maximum absolute atomic E-state index is 4.55. The molecule has 1 aromatic heterocycles. The molecular weight excluding hydrogens is 238 g/mol. The molecule has 1 aromatic carbocycles. The number of pyridine rings is 1. The fourth-order valence-electron chi connectivity index (χ4n) is 2.45. The summed E-state index contributed by atoms with van der Waals surface area (Å²) in [5.41, 5.74) is 2.41. The van der Waals surface area contributed by atoms with Gasteiger partial charge in [0.2, 0.25) is 0 Å². The fraction of sp³-hybridized carbons (Fsp3) is 0.0625. The Labute approximate surface area is 110 Å². The highest BCUT2D eigenvalue weighted by atomic mass is 32.2. The number of hydrogen-bond acceptors (Lipinski definition) is 2. The molecule has 18 heavy (non-hydrogen) atoms. The summed E-state index contributed by atoms with van der Waals surface area (Å²) in [5.74, 6) is 0. The number of rotatable bonds is 0. The third-order valence-electron chi connectivity index (χ3n) is 3.33. The van der Waals surface area contributed by atoms with Crippen molar-refractivity contribution in [1.29, 1.82) is 0 Å². The molecule has 86 valence electrons. The molecule has 0 fully saturated rings. The van der Waals surface area contributed by atoms with Crippen LogP contribution in [0.15, 0.2) is 46.3 Å². The number of benzene rings is 1. The van der Waals surface area contributed by atoms with Crippen LogP contribution in [0.3, 0.4) is 0 Å². The Morgan fingerprint density at radius 2 is 2.00 bits per heavy atom. The van der Waals surface area contributed by atoms with Gasteiger partial charge < -0.3 is 0 Å². The van der Waals surface area contributed by atoms with Crippen molar-refractivity contribution in [1.82, 2.24) is 4.98 Å². The van der Waals surface area contributed by atoms with Crippen molar-refractivity contribution in [2.75, 3.05) is 0 Å². The van der Waals surface area contributed by atoms with E-state index >= 15 is 0 Å². The molecule has 4 rings (SSSR count). The first kappa shape index (κ1) is 10.2. The van der Waals surface area contributed by atoms with E-state index in [1.54, 1.807) is 0 Å². The fourth-order valence-corrected chi connectivity index (χ4v) is 3.46. The van der Waals surface area contributed by atoms with E-state index in [9.17, 15) is 0 Å². The maximum Gasteiger partial charge on any atom is 0.0702 e. The van der Waals surface area contributed by atoms with Crippen LogP contribution in [0.25, 0.3) is 18.2 Å². The number of nitrogens with zero attached hydrogens (tertiary/aromatic N) is 1.